The smallest absolute Gasteiger partial charge is 0.264 e. The predicted molar refractivity (Wildman–Crippen MR) is 161 cm³/mol. The van der Waals surface area contributed by atoms with E-state index in [1.54, 1.807) is 23.2 Å². The van der Waals surface area contributed by atoms with Crippen molar-refractivity contribution in [3.05, 3.63) is 106 Å². The summed E-state index contributed by atoms with van der Waals surface area (Å²) in [6, 6.07) is 24.8. The first-order valence-electron chi connectivity index (χ1n) is 14.0. The minimum absolute atomic E-state index is 0.0507. The van der Waals surface area contributed by atoms with Crippen LogP contribution in [0.4, 0.5) is 5.69 Å². The zero-order chi connectivity index (χ0) is 28.8. The molecule has 42 heavy (non-hydrogen) atoms. The molecule has 0 radical (unpaired) electrons. The van der Waals surface area contributed by atoms with E-state index in [4.69, 9.17) is 5.10 Å². The fourth-order valence-electron chi connectivity index (χ4n) is 6.38. The number of hydrogen-bond donors (Lipinski definition) is 0. The molecule has 0 aromatic heterocycles. The number of halogens is 1. The molecule has 1 saturated heterocycles. The number of anilines is 1. The van der Waals surface area contributed by atoms with Gasteiger partial charge >= 0.3 is 0 Å². The molecule has 0 bridgehead atoms. The van der Waals surface area contributed by atoms with Gasteiger partial charge in [0.15, 0.2) is 12.1 Å². The average molecular weight is 624 g/mol. The molecule has 9 nitrogen and oxygen atoms in total. The maximum absolute atomic E-state index is 14.0. The highest BCUT2D eigenvalue weighted by Crippen LogP contribution is 2.44. The SMILES string of the molecule is O=C1[C@@H]2[C@@H](N=NN2CC(=O)N2N=C3/C(=C/c4ccccc4)CCC[C@@H]3[C@H]2c2ccccc2)C(=O)N1c1cccc(Br)c1. The number of rotatable bonds is 5. The van der Waals surface area contributed by atoms with E-state index in [2.05, 4.69) is 44.5 Å². The molecule has 3 aromatic rings. The highest BCUT2D eigenvalue weighted by atomic mass is 79.9. The molecule has 3 amide bonds. The fourth-order valence-corrected chi connectivity index (χ4v) is 6.76. The Labute approximate surface area is 251 Å². The molecule has 1 saturated carbocycles. The van der Waals surface area contributed by atoms with Crippen molar-refractivity contribution in [1.29, 1.82) is 0 Å². The van der Waals surface area contributed by atoms with Crippen LogP contribution in [0.2, 0.25) is 0 Å². The normalized spacial score (nSPS) is 25.7. The van der Waals surface area contributed by atoms with Gasteiger partial charge in [0.1, 0.15) is 6.54 Å². The summed E-state index contributed by atoms with van der Waals surface area (Å²) in [5.41, 5.74) is 4.62. The van der Waals surface area contributed by atoms with Gasteiger partial charge in [0.2, 0.25) is 0 Å². The van der Waals surface area contributed by atoms with Crippen molar-refractivity contribution in [3.8, 4) is 0 Å². The van der Waals surface area contributed by atoms with E-state index < -0.39 is 23.9 Å². The molecule has 210 valence electrons. The standard InChI is InChI=1S/C32H27BrN6O3/c33-23-14-8-15-24(18-23)38-31(41)28-30(32(38)42)37(36-34-28)19-26(40)39-29(21-11-5-2-6-12-21)25-16-7-13-22(27(25)35-39)17-20-9-3-1-4-10-20/h1-6,8-12,14-15,17-18,25,28-30H,7,13,16,19H2/b22-17+/t25-,28+,29+,30-/m0/s1. The van der Waals surface area contributed by atoms with E-state index >= 15 is 0 Å². The number of carbonyl (C=O) groups excluding carboxylic acids is 3. The maximum atomic E-state index is 14.0. The molecule has 0 unspecified atom stereocenters. The fraction of sp³-hybridized carbons (Fsp3) is 0.250. The van der Waals surface area contributed by atoms with Gasteiger partial charge < -0.3 is 0 Å². The first-order chi connectivity index (χ1) is 20.5. The number of allylic oxidation sites excluding steroid dienone is 1. The van der Waals surface area contributed by atoms with Gasteiger partial charge in [-0.25, -0.2) is 9.91 Å². The van der Waals surface area contributed by atoms with Crippen LogP contribution in [0.1, 0.15) is 36.4 Å². The van der Waals surface area contributed by atoms with Crippen LogP contribution in [0.3, 0.4) is 0 Å². The number of carbonyl (C=O) groups is 3. The second kappa shape index (κ2) is 10.8. The van der Waals surface area contributed by atoms with Gasteiger partial charge in [0.05, 0.1) is 17.4 Å². The molecule has 0 N–H and O–H groups in total. The molecule has 10 heteroatoms. The Morgan fingerprint density at radius 2 is 1.69 bits per heavy atom. The lowest BCUT2D eigenvalue weighted by Gasteiger charge is -2.30. The molecule has 7 rings (SSSR count). The monoisotopic (exact) mass is 622 g/mol. The van der Waals surface area contributed by atoms with Crippen molar-refractivity contribution in [2.75, 3.05) is 11.4 Å². The number of imide groups is 1. The van der Waals surface area contributed by atoms with Gasteiger partial charge in [-0.05, 0) is 60.2 Å². The summed E-state index contributed by atoms with van der Waals surface area (Å²) in [5.74, 6) is -1.15. The quantitative estimate of drug-likeness (QED) is 0.348. The summed E-state index contributed by atoms with van der Waals surface area (Å²) in [6.45, 7) is -0.222. The molecular formula is C32H27BrN6O3. The van der Waals surface area contributed by atoms with Gasteiger partial charge in [-0.15, -0.1) is 0 Å². The van der Waals surface area contributed by atoms with Crippen LogP contribution in [0.15, 0.2) is 110 Å². The number of nitrogens with zero attached hydrogens (tertiary/aromatic N) is 6. The summed E-state index contributed by atoms with van der Waals surface area (Å²) in [5, 5.41) is 16.1. The molecule has 0 spiro atoms. The molecular weight excluding hydrogens is 596 g/mol. The lowest BCUT2D eigenvalue weighted by atomic mass is 9.77. The molecule has 4 aliphatic rings. The van der Waals surface area contributed by atoms with Crippen LogP contribution in [0.5, 0.6) is 0 Å². The van der Waals surface area contributed by atoms with E-state index in [1.807, 2.05) is 54.6 Å². The van der Waals surface area contributed by atoms with Gasteiger partial charge in [-0.3, -0.25) is 19.4 Å². The molecule has 3 heterocycles. The first-order valence-corrected chi connectivity index (χ1v) is 14.8. The van der Waals surface area contributed by atoms with Crippen LogP contribution >= 0.6 is 15.9 Å². The second-order valence-corrected chi connectivity index (χ2v) is 11.8. The van der Waals surface area contributed by atoms with Gasteiger partial charge in [0.25, 0.3) is 17.7 Å². The van der Waals surface area contributed by atoms with Gasteiger partial charge in [-0.2, -0.15) is 10.2 Å². The van der Waals surface area contributed by atoms with Crippen molar-refractivity contribution >= 4 is 51.1 Å². The first kappa shape index (κ1) is 26.5. The number of amides is 3. The predicted octanol–water partition coefficient (Wildman–Crippen LogP) is 5.57. The molecule has 4 atom stereocenters. The zero-order valence-corrected chi connectivity index (χ0v) is 24.2. The second-order valence-electron chi connectivity index (χ2n) is 10.8. The third-order valence-corrected chi connectivity index (χ3v) is 8.75. The minimum atomic E-state index is -0.984. The Morgan fingerprint density at radius 1 is 0.929 bits per heavy atom. The Morgan fingerprint density at radius 3 is 2.45 bits per heavy atom. The Kier molecular flexibility index (Phi) is 6.78. The topological polar surface area (TPSA) is 98.0 Å². The lowest BCUT2D eigenvalue weighted by Crippen LogP contribution is -2.45. The molecule has 2 fully saturated rings. The van der Waals surface area contributed by atoms with E-state index in [0.717, 1.165) is 51.0 Å². The summed E-state index contributed by atoms with van der Waals surface area (Å²) >= 11 is 3.40. The lowest BCUT2D eigenvalue weighted by molar-refractivity contribution is -0.136. The number of hydrazone groups is 1. The van der Waals surface area contributed by atoms with Crippen LogP contribution in [0.25, 0.3) is 6.08 Å². The summed E-state index contributed by atoms with van der Waals surface area (Å²) < 4.78 is 0.744. The van der Waals surface area contributed by atoms with E-state index in [9.17, 15) is 14.4 Å². The Balaban J connectivity index is 1.18. The third-order valence-electron chi connectivity index (χ3n) is 8.26. The summed E-state index contributed by atoms with van der Waals surface area (Å²) in [6.07, 6.45) is 4.97. The third kappa shape index (κ3) is 4.56. The van der Waals surface area contributed by atoms with Crippen molar-refractivity contribution in [2.24, 2.45) is 21.4 Å². The molecule has 3 aliphatic heterocycles. The Bertz CT molecular complexity index is 1660. The molecule has 1 aliphatic carbocycles. The zero-order valence-electron chi connectivity index (χ0n) is 22.6. The highest BCUT2D eigenvalue weighted by molar-refractivity contribution is 9.10. The van der Waals surface area contributed by atoms with Crippen molar-refractivity contribution < 1.29 is 14.4 Å². The van der Waals surface area contributed by atoms with Gasteiger partial charge in [-0.1, -0.05) is 87.9 Å². The largest absolute Gasteiger partial charge is 0.271 e. The van der Waals surface area contributed by atoms with Crippen LogP contribution in [0, 0.1) is 5.92 Å². The van der Waals surface area contributed by atoms with Gasteiger partial charge in [0, 0.05) is 10.4 Å². The number of hydrogen-bond acceptors (Lipinski definition) is 7. The highest BCUT2D eigenvalue weighted by Gasteiger charge is 2.55. The number of fused-ring (bicyclic) bond motifs is 2. The number of benzene rings is 3. The van der Waals surface area contributed by atoms with E-state index in [-0.39, 0.29) is 24.4 Å². The average Bonchev–Trinajstić information content (AvgIpc) is 3.67. The van der Waals surface area contributed by atoms with E-state index in [0.29, 0.717) is 5.69 Å². The van der Waals surface area contributed by atoms with Crippen LogP contribution in [-0.4, -0.2) is 52.1 Å². The maximum Gasteiger partial charge on any atom is 0.264 e. The summed E-state index contributed by atoms with van der Waals surface area (Å²) in [4.78, 5) is 41.8. The van der Waals surface area contributed by atoms with Crippen LogP contribution < -0.4 is 4.90 Å². The van der Waals surface area contributed by atoms with Crippen molar-refractivity contribution in [1.82, 2.24) is 10.0 Å². The van der Waals surface area contributed by atoms with Crippen molar-refractivity contribution in [2.45, 2.75) is 37.4 Å². The summed E-state index contributed by atoms with van der Waals surface area (Å²) in [7, 11) is 0. The Hall–Kier alpha value is -4.44. The van der Waals surface area contributed by atoms with Crippen molar-refractivity contribution in [3.63, 3.8) is 0 Å². The van der Waals surface area contributed by atoms with E-state index in [1.165, 1.54) is 5.01 Å². The molecule has 3 aromatic carbocycles. The van der Waals surface area contributed by atoms with Crippen LogP contribution in [-0.2, 0) is 14.4 Å². The minimum Gasteiger partial charge on any atom is -0.271 e.